The Hall–Kier alpha value is -2.06. The molecule has 2 heteroatoms. The van der Waals surface area contributed by atoms with E-state index in [1.807, 2.05) is 0 Å². The Morgan fingerprint density at radius 2 is 1.52 bits per heavy atom. The van der Waals surface area contributed by atoms with Gasteiger partial charge in [-0.15, -0.1) is 0 Å². The van der Waals surface area contributed by atoms with E-state index in [9.17, 15) is 0 Å². The molecular formula is C19H21NO. The number of nitrogens with one attached hydrogen (secondary N) is 1. The number of benzene rings is 2. The van der Waals surface area contributed by atoms with E-state index < -0.39 is 0 Å². The first kappa shape index (κ1) is 13.9. The summed E-state index contributed by atoms with van der Waals surface area (Å²) in [6.07, 6.45) is 5.47. The predicted octanol–water partition coefficient (Wildman–Crippen LogP) is 4.41. The number of hydrogen-bond donors (Lipinski definition) is 1. The molecule has 0 atom stereocenters. The van der Waals surface area contributed by atoms with Crippen molar-refractivity contribution in [3.63, 3.8) is 0 Å². The Labute approximate surface area is 126 Å². The van der Waals surface area contributed by atoms with E-state index in [1.54, 1.807) is 0 Å². The smallest absolute Gasteiger partial charge is 0.0947 e. The molecule has 0 fully saturated rings. The summed E-state index contributed by atoms with van der Waals surface area (Å²) in [6, 6.07) is 21.6. The first-order valence-electron chi connectivity index (χ1n) is 7.60. The maximum Gasteiger partial charge on any atom is 0.0947 e. The molecule has 0 aromatic heterocycles. The lowest BCUT2D eigenvalue weighted by Gasteiger charge is -2.18. The highest BCUT2D eigenvalue weighted by atomic mass is 16.6. The Kier molecular flexibility index (Phi) is 4.70. The zero-order chi connectivity index (χ0) is 14.3. The molecule has 3 rings (SSSR count). The number of hydroxylamine groups is 1. The molecule has 0 bridgehead atoms. The number of allylic oxidation sites excluding steroid dienone is 1. The maximum atomic E-state index is 5.14. The first-order chi connectivity index (χ1) is 10.4. The van der Waals surface area contributed by atoms with Crippen LogP contribution in [0, 0.1) is 0 Å². The third-order valence-electron chi connectivity index (χ3n) is 3.96. The van der Waals surface area contributed by atoms with Gasteiger partial charge in [-0.05, 0) is 36.5 Å². The SMILES string of the molecule is C1=C(CCCC(c2ccccc2)c2ccccc2)NOC1. The minimum atomic E-state index is 0.468. The van der Waals surface area contributed by atoms with Crippen LogP contribution in [0.2, 0.25) is 0 Å². The van der Waals surface area contributed by atoms with Crippen LogP contribution in [-0.2, 0) is 4.84 Å². The van der Waals surface area contributed by atoms with Crippen molar-refractivity contribution in [2.24, 2.45) is 0 Å². The quantitative estimate of drug-likeness (QED) is 0.845. The van der Waals surface area contributed by atoms with Crippen LogP contribution in [0.4, 0.5) is 0 Å². The molecule has 0 saturated carbocycles. The van der Waals surface area contributed by atoms with Crippen LogP contribution in [0.1, 0.15) is 36.3 Å². The molecule has 21 heavy (non-hydrogen) atoms. The van der Waals surface area contributed by atoms with Crippen LogP contribution in [0.3, 0.4) is 0 Å². The van der Waals surface area contributed by atoms with E-state index in [2.05, 4.69) is 72.2 Å². The molecule has 0 spiro atoms. The lowest BCUT2D eigenvalue weighted by atomic mass is 9.87. The molecule has 1 heterocycles. The van der Waals surface area contributed by atoms with E-state index in [4.69, 9.17) is 4.84 Å². The maximum absolute atomic E-state index is 5.14. The van der Waals surface area contributed by atoms with Crippen molar-refractivity contribution in [1.29, 1.82) is 0 Å². The van der Waals surface area contributed by atoms with Gasteiger partial charge in [-0.1, -0.05) is 60.7 Å². The molecule has 0 aliphatic carbocycles. The van der Waals surface area contributed by atoms with Crippen molar-refractivity contribution in [3.8, 4) is 0 Å². The summed E-state index contributed by atoms with van der Waals surface area (Å²) in [5, 5.41) is 0. The van der Waals surface area contributed by atoms with E-state index >= 15 is 0 Å². The zero-order valence-corrected chi connectivity index (χ0v) is 12.2. The molecule has 0 amide bonds. The molecule has 0 radical (unpaired) electrons. The average Bonchev–Trinajstić information content (AvgIpc) is 3.07. The lowest BCUT2D eigenvalue weighted by Crippen LogP contribution is -2.07. The lowest BCUT2D eigenvalue weighted by molar-refractivity contribution is 0.106. The van der Waals surface area contributed by atoms with Crippen LogP contribution in [0.5, 0.6) is 0 Å². The highest BCUT2D eigenvalue weighted by Gasteiger charge is 2.14. The molecule has 1 N–H and O–H groups in total. The Bertz CT molecular complexity index is 538. The average molecular weight is 279 g/mol. The van der Waals surface area contributed by atoms with E-state index in [0.717, 1.165) is 19.3 Å². The monoisotopic (exact) mass is 279 g/mol. The van der Waals surface area contributed by atoms with Crippen LogP contribution in [0.25, 0.3) is 0 Å². The Balaban J connectivity index is 1.70. The third kappa shape index (κ3) is 3.73. The van der Waals surface area contributed by atoms with Crippen molar-refractivity contribution in [3.05, 3.63) is 83.6 Å². The van der Waals surface area contributed by atoms with Gasteiger partial charge in [-0.2, -0.15) is 0 Å². The minimum absolute atomic E-state index is 0.468. The Morgan fingerprint density at radius 3 is 2.05 bits per heavy atom. The van der Waals surface area contributed by atoms with Crippen LogP contribution < -0.4 is 5.48 Å². The molecular weight excluding hydrogens is 258 g/mol. The van der Waals surface area contributed by atoms with Gasteiger partial charge in [0.2, 0.25) is 0 Å². The summed E-state index contributed by atoms with van der Waals surface area (Å²) in [6.45, 7) is 0.691. The van der Waals surface area contributed by atoms with Gasteiger partial charge in [0.25, 0.3) is 0 Å². The summed E-state index contributed by atoms with van der Waals surface area (Å²) in [5.74, 6) is 0.468. The molecule has 0 saturated heterocycles. The van der Waals surface area contributed by atoms with Gasteiger partial charge in [0.15, 0.2) is 0 Å². The predicted molar refractivity (Wildman–Crippen MR) is 85.7 cm³/mol. The topological polar surface area (TPSA) is 21.3 Å². The van der Waals surface area contributed by atoms with E-state index in [0.29, 0.717) is 12.5 Å². The second-order valence-corrected chi connectivity index (χ2v) is 5.41. The highest BCUT2D eigenvalue weighted by Crippen LogP contribution is 2.30. The van der Waals surface area contributed by atoms with E-state index in [1.165, 1.54) is 16.8 Å². The van der Waals surface area contributed by atoms with Gasteiger partial charge in [-0.3, -0.25) is 10.3 Å². The van der Waals surface area contributed by atoms with Crippen LogP contribution >= 0.6 is 0 Å². The molecule has 2 aromatic rings. The van der Waals surface area contributed by atoms with Crippen molar-refractivity contribution >= 4 is 0 Å². The molecule has 108 valence electrons. The molecule has 2 aromatic carbocycles. The highest BCUT2D eigenvalue weighted by molar-refractivity contribution is 5.32. The zero-order valence-electron chi connectivity index (χ0n) is 12.2. The summed E-state index contributed by atoms with van der Waals surface area (Å²) in [4.78, 5) is 5.14. The van der Waals surface area contributed by atoms with Gasteiger partial charge in [0.05, 0.1) is 6.61 Å². The van der Waals surface area contributed by atoms with Gasteiger partial charge < -0.3 is 0 Å². The van der Waals surface area contributed by atoms with Crippen molar-refractivity contribution in [2.75, 3.05) is 6.61 Å². The molecule has 1 aliphatic heterocycles. The van der Waals surface area contributed by atoms with Crippen molar-refractivity contribution in [1.82, 2.24) is 5.48 Å². The van der Waals surface area contributed by atoms with Crippen LogP contribution in [-0.4, -0.2) is 6.61 Å². The van der Waals surface area contributed by atoms with Crippen molar-refractivity contribution < 1.29 is 4.84 Å². The first-order valence-corrected chi connectivity index (χ1v) is 7.60. The molecule has 1 aliphatic rings. The number of hydrogen-bond acceptors (Lipinski definition) is 2. The minimum Gasteiger partial charge on any atom is -0.272 e. The summed E-state index contributed by atoms with van der Waals surface area (Å²) in [7, 11) is 0. The van der Waals surface area contributed by atoms with Gasteiger partial charge in [0, 0.05) is 11.6 Å². The fraction of sp³-hybridized carbons (Fsp3) is 0.263. The van der Waals surface area contributed by atoms with Crippen molar-refractivity contribution in [2.45, 2.75) is 25.2 Å². The number of rotatable bonds is 6. The summed E-state index contributed by atoms with van der Waals surface area (Å²) in [5.41, 5.74) is 6.98. The Morgan fingerprint density at radius 1 is 0.905 bits per heavy atom. The standard InChI is InChI=1S/C19H21NO/c1-3-8-16(9-4-1)19(17-10-5-2-6-11-17)13-7-12-18-14-15-21-20-18/h1-6,8-11,14,19-20H,7,12-13,15H2. The largest absolute Gasteiger partial charge is 0.272 e. The fourth-order valence-corrected chi connectivity index (χ4v) is 2.86. The molecule has 2 nitrogen and oxygen atoms in total. The van der Waals surface area contributed by atoms with E-state index in [-0.39, 0.29) is 0 Å². The fourth-order valence-electron chi connectivity index (χ4n) is 2.86. The second-order valence-electron chi connectivity index (χ2n) is 5.41. The van der Waals surface area contributed by atoms with Crippen LogP contribution in [0.15, 0.2) is 72.4 Å². The summed E-state index contributed by atoms with van der Waals surface area (Å²) < 4.78 is 0. The molecule has 0 unspecified atom stereocenters. The van der Waals surface area contributed by atoms with Gasteiger partial charge in [0.1, 0.15) is 0 Å². The van der Waals surface area contributed by atoms with Gasteiger partial charge >= 0.3 is 0 Å². The van der Waals surface area contributed by atoms with Gasteiger partial charge in [-0.25, -0.2) is 0 Å². The third-order valence-corrected chi connectivity index (χ3v) is 3.96. The second kappa shape index (κ2) is 7.09. The summed E-state index contributed by atoms with van der Waals surface area (Å²) >= 11 is 0. The normalized spacial score (nSPS) is 14.0.